The fourth-order valence-corrected chi connectivity index (χ4v) is 3.65. The largest absolute Gasteiger partial charge is 0.370 e. The summed E-state index contributed by atoms with van der Waals surface area (Å²) in [6, 6.07) is 17.8. The number of nitrogens with zero attached hydrogens (tertiary/aromatic N) is 2. The van der Waals surface area contributed by atoms with E-state index in [-0.39, 0.29) is 22.6 Å². The van der Waals surface area contributed by atoms with Gasteiger partial charge in [0.2, 0.25) is 0 Å². The van der Waals surface area contributed by atoms with Crippen LogP contribution in [0.1, 0.15) is 23.2 Å². The third kappa shape index (κ3) is 4.48. The molecule has 2 N–H and O–H groups in total. The van der Waals surface area contributed by atoms with Crippen LogP contribution in [0.25, 0.3) is 0 Å². The molecule has 0 atom stereocenters. The van der Waals surface area contributed by atoms with Crippen molar-refractivity contribution in [3.05, 3.63) is 88.2 Å². The molecule has 158 valence electrons. The van der Waals surface area contributed by atoms with Crippen LogP contribution >= 0.6 is 0 Å². The third-order valence-corrected chi connectivity index (χ3v) is 5.19. The molecule has 1 aliphatic rings. The Kier molecular flexibility index (Phi) is 5.79. The zero-order valence-corrected chi connectivity index (χ0v) is 16.7. The topological polar surface area (TPSA) is 87.5 Å². The van der Waals surface area contributed by atoms with Crippen LogP contribution in [0.15, 0.2) is 66.7 Å². The Morgan fingerprint density at radius 3 is 2.45 bits per heavy atom. The second kappa shape index (κ2) is 8.83. The smallest absolute Gasteiger partial charge is 0.293 e. The number of hydrogen-bond acceptors (Lipinski definition) is 5. The summed E-state index contributed by atoms with van der Waals surface area (Å²) in [6.07, 6.45) is 2.01. The minimum absolute atomic E-state index is 0.0703. The highest BCUT2D eigenvalue weighted by Crippen LogP contribution is 2.33. The number of anilines is 4. The molecule has 4 rings (SSSR count). The van der Waals surface area contributed by atoms with Gasteiger partial charge in [0, 0.05) is 30.4 Å². The molecule has 3 aromatic carbocycles. The second-order valence-corrected chi connectivity index (χ2v) is 7.26. The molecule has 7 nitrogen and oxygen atoms in total. The molecule has 0 aliphatic carbocycles. The summed E-state index contributed by atoms with van der Waals surface area (Å²) in [6.45, 7) is 1.58. The molecule has 0 bridgehead atoms. The van der Waals surface area contributed by atoms with Gasteiger partial charge in [0.05, 0.1) is 10.6 Å². The first kappa shape index (κ1) is 20.3. The fraction of sp³-hybridized carbons (Fsp3) is 0.174. The van der Waals surface area contributed by atoms with Crippen molar-refractivity contribution in [3.63, 3.8) is 0 Å². The SMILES string of the molecule is O=C(Nc1c(F)cccc1N1CCCC1)c1ccc(Nc2ccccc2)c([N+](=O)[O-])c1. The molecule has 1 fully saturated rings. The number of carbonyl (C=O) groups is 1. The van der Waals surface area contributed by atoms with Gasteiger partial charge >= 0.3 is 0 Å². The van der Waals surface area contributed by atoms with E-state index in [9.17, 15) is 19.3 Å². The first-order valence-electron chi connectivity index (χ1n) is 9.98. The van der Waals surface area contributed by atoms with Crippen molar-refractivity contribution in [2.75, 3.05) is 28.6 Å². The predicted molar refractivity (Wildman–Crippen MR) is 119 cm³/mol. The van der Waals surface area contributed by atoms with Crippen LogP contribution in [-0.2, 0) is 0 Å². The van der Waals surface area contributed by atoms with Crippen molar-refractivity contribution in [2.24, 2.45) is 0 Å². The van der Waals surface area contributed by atoms with Crippen LogP contribution in [0.3, 0.4) is 0 Å². The molecule has 1 heterocycles. The highest BCUT2D eigenvalue weighted by Gasteiger charge is 2.22. The number of nitrogens with one attached hydrogen (secondary N) is 2. The van der Waals surface area contributed by atoms with Gasteiger partial charge in [-0.25, -0.2) is 4.39 Å². The maximum absolute atomic E-state index is 14.5. The van der Waals surface area contributed by atoms with Gasteiger partial charge in [-0.15, -0.1) is 0 Å². The van der Waals surface area contributed by atoms with Crippen molar-refractivity contribution in [3.8, 4) is 0 Å². The van der Waals surface area contributed by atoms with Gasteiger partial charge in [-0.3, -0.25) is 14.9 Å². The minimum Gasteiger partial charge on any atom is -0.370 e. The van der Waals surface area contributed by atoms with E-state index >= 15 is 0 Å². The number of nitro groups is 1. The molecule has 0 unspecified atom stereocenters. The lowest BCUT2D eigenvalue weighted by molar-refractivity contribution is -0.383. The number of halogens is 1. The van der Waals surface area contributed by atoms with Gasteiger partial charge in [-0.2, -0.15) is 0 Å². The Bertz CT molecular complexity index is 1120. The minimum atomic E-state index is -0.611. The summed E-state index contributed by atoms with van der Waals surface area (Å²) in [7, 11) is 0. The molecule has 1 aliphatic heterocycles. The highest BCUT2D eigenvalue weighted by atomic mass is 19.1. The molecule has 1 amide bonds. The summed E-state index contributed by atoms with van der Waals surface area (Å²) >= 11 is 0. The lowest BCUT2D eigenvalue weighted by Gasteiger charge is -2.22. The standard InChI is InChI=1S/C23H21FN4O3/c24-18-9-6-10-20(27-13-4-5-14-27)22(18)26-23(29)16-11-12-19(21(15-16)28(30)31)25-17-7-2-1-3-8-17/h1-3,6-12,15,25H,4-5,13-14H2,(H,26,29). The lowest BCUT2D eigenvalue weighted by Crippen LogP contribution is -2.22. The normalized spacial score (nSPS) is 13.1. The lowest BCUT2D eigenvalue weighted by atomic mass is 10.1. The van der Waals surface area contributed by atoms with Crippen LogP contribution in [0.2, 0.25) is 0 Å². The second-order valence-electron chi connectivity index (χ2n) is 7.26. The first-order chi connectivity index (χ1) is 15.0. The zero-order valence-electron chi connectivity index (χ0n) is 16.7. The van der Waals surface area contributed by atoms with Gasteiger partial charge < -0.3 is 15.5 Å². The molecular formula is C23H21FN4O3. The van der Waals surface area contributed by atoms with Gasteiger partial charge in [0.1, 0.15) is 17.2 Å². The molecule has 0 saturated carbocycles. The number of hydrogen-bond donors (Lipinski definition) is 2. The van der Waals surface area contributed by atoms with E-state index in [0.29, 0.717) is 11.4 Å². The maximum Gasteiger partial charge on any atom is 0.293 e. The Hall–Kier alpha value is -3.94. The van der Waals surface area contributed by atoms with Gasteiger partial charge in [0.25, 0.3) is 11.6 Å². The number of carbonyl (C=O) groups excluding carboxylic acids is 1. The van der Waals surface area contributed by atoms with E-state index < -0.39 is 16.6 Å². The number of amides is 1. The van der Waals surface area contributed by atoms with Crippen LogP contribution in [0.5, 0.6) is 0 Å². The Labute approximate surface area is 178 Å². The summed E-state index contributed by atoms with van der Waals surface area (Å²) < 4.78 is 14.5. The van der Waals surface area contributed by atoms with E-state index in [1.807, 2.05) is 23.1 Å². The van der Waals surface area contributed by atoms with E-state index in [1.165, 1.54) is 24.3 Å². The number of nitro benzene ring substituents is 1. The third-order valence-electron chi connectivity index (χ3n) is 5.19. The average molecular weight is 420 g/mol. The molecular weight excluding hydrogens is 399 g/mol. The first-order valence-corrected chi connectivity index (χ1v) is 9.98. The highest BCUT2D eigenvalue weighted by molar-refractivity contribution is 6.07. The number of para-hydroxylation sites is 2. The van der Waals surface area contributed by atoms with E-state index in [0.717, 1.165) is 25.9 Å². The molecule has 3 aromatic rings. The van der Waals surface area contributed by atoms with E-state index in [4.69, 9.17) is 0 Å². The molecule has 0 aromatic heterocycles. The Balaban J connectivity index is 1.61. The fourth-order valence-electron chi connectivity index (χ4n) is 3.65. The summed E-state index contributed by atoms with van der Waals surface area (Å²) in [5.74, 6) is -1.16. The monoisotopic (exact) mass is 420 g/mol. The zero-order chi connectivity index (χ0) is 21.8. The summed E-state index contributed by atoms with van der Waals surface area (Å²) in [5.41, 5.74) is 1.47. The summed E-state index contributed by atoms with van der Waals surface area (Å²) in [5, 5.41) is 17.2. The van der Waals surface area contributed by atoms with Gasteiger partial charge in [0.15, 0.2) is 0 Å². The van der Waals surface area contributed by atoms with E-state index in [2.05, 4.69) is 10.6 Å². The predicted octanol–water partition coefficient (Wildman–Crippen LogP) is 5.33. The Morgan fingerprint density at radius 2 is 1.74 bits per heavy atom. The number of benzene rings is 3. The van der Waals surface area contributed by atoms with Gasteiger partial charge in [-0.1, -0.05) is 24.3 Å². The molecule has 1 saturated heterocycles. The van der Waals surface area contributed by atoms with Crippen molar-refractivity contribution >= 4 is 34.3 Å². The summed E-state index contributed by atoms with van der Waals surface area (Å²) in [4.78, 5) is 25.9. The maximum atomic E-state index is 14.5. The van der Waals surface area contributed by atoms with E-state index in [1.54, 1.807) is 24.3 Å². The number of rotatable bonds is 6. The van der Waals surface area contributed by atoms with Crippen molar-refractivity contribution in [1.29, 1.82) is 0 Å². The molecule has 31 heavy (non-hydrogen) atoms. The van der Waals surface area contributed by atoms with Crippen molar-refractivity contribution < 1.29 is 14.1 Å². The van der Waals surface area contributed by atoms with Crippen LogP contribution in [0.4, 0.5) is 32.8 Å². The Morgan fingerprint density at radius 1 is 1.00 bits per heavy atom. The van der Waals surface area contributed by atoms with Crippen LogP contribution < -0.4 is 15.5 Å². The van der Waals surface area contributed by atoms with Crippen LogP contribution in [-0.4, -0.2) is 23.9 Å². The quantitative estimate of drug-likeness (QED) is 0.416. The van der Waals surface area contributed by atoms with Crippen molar-refractivity contribution in [2.45, 2.75) is 12.8 Å². The van der Waals surface area contributed by atoms with Crippen LogP contribution in [0, 0.1) is 15.9 Å². The molecule has 0 spiro atoms. The van der Waals surface area contributed by atoms with Gasteiger partial charge in [-0.05, 0) is 49.2 Å². The molecule has 8 heteroatoms. The van der Waals surface area contributed by atoms with Crippen molar-refractivity contribution in [1.82, 2.24) is 0 Å². The molecule has 0 radical (unpaired) electrons. The average Bonchev–Trinajstić information content (AvgIpc) is 3.30.